The van der Waals surface area contributed by atoms with Crippen LogP contribution in [0.25, 0.3) is 0 Å². The van der Waals surface area contributed by atoms with E-state index >= 15 is 0 Å². The molecule has 0 aliphatic rings. The van der Waals surface area contributed by atoms with Crippen LogP contribution in [0, 0.1) is 0 Å². The van der Waals surface area contributed by atoms with E-state index in [1.165, 1.54) is 0 Å². The van der Waals surface area contributed by atoms with Crippen LogP contribution >= 0.6 is 37.9 Å². The topological polar surface area (TPSA) is 27.7 Å². The highest BCUT2D eigenvalue weighted by Gasteiger charge is 2.08. The molecule has 1 rings (SSSR count). The Morgan fingerprint density at radius 3 is 1.06 bits per heavy atom. The fourth-order valence-corrected chi connectivity index (χ4v) is 1.71. The first-order valence-electron chi connectivity index (χ1n) is 5.56. The molecular weight excluding hydrogens is 288 g/mol. The third-order valence-electron chi connectivity index (χ3n) is 1.77. The average Bonchev–Trinajstić information content (AvgIpc) is 2.12. The van der Waals surface area contributed by atoms with Crippen molar-refractivity contribution in [2.75, 3.05) is 0 Å². The Morgan fingerprint density at radius 1 is 0.667 bits per heavy atom. The van der Waals surface area contributed by atoms with Crippen LogP contribution in [0.4, 0.5) is 0 Å². The predicted molar refractivity (Wildman–Crippen MR) is 83.7 cm³/mol. The second kappa shape index (κ2) is 7.31. The maximum absolute atomic E-state index is 5.51. The third-order valence-corrected chi connectivity index (χ3v) is 2.09. The Balaban J connectivity index is 2.95. The maximum Gasteiger partial charge on any atom is 0.138 e. The van der Waals surface area contributed by atoms with Gasteiger partial charge in [-0.15, -0.1) is 37.9 Å². The van der Waals surface area contributed by atoms with Crippen LogP contribution in [0.1, 0.15) is 20.8 Å². The molecule has 0 amide bonds. The molecule has 1 aromatic carbocycles. The molecule has 0 radical (unpaired) electrons. The van der Waals surface area contributed by atoms with Gasteiger partial charge < -0.3 is 14.2 Å². The minimum Gasteiger partial charge on any atom is -0.480 e. The quantitative estimate of drug-likeness (QED) is 0.553. The Hall–Kier alpha value is -0.330. The molecule has 0 bridgehead atoms. The first-order valence-corrected chi connectivity index (χ1v) is 7.11. The van der Waals surface area contributed by atoms with E-state index in [-0.39, 0.29) is 16.3 Å². The fourth-order valence-electron chi connectivity index (χ4n) is 1.34. The summed E-state index contributed by atoms with van der Waals surface area (Å²) in [5, 5.41) is 0. The molecule has 0 spiro atoms. The van der Waals surface area contributed by atoms with E-state index in [1.807, 2.05) is 20.8 Å². The van der Waals surface area contributed by atoms with Gasteiger partial charge in [0.25, 0.3) is 0 Å². The number of hydrogen-bond donors (Lipinski definition) is 3. The van der Waals surface area contributed by atoms with Crippen molar-refractivity contribution in [2.45, 2.75) is 37.1 Å². The van der Waals surface area contributed by atoms with Crippen molar-refractivity contribution in [1.29, 1.82) is 0 Å². The lowest BCUT2D eigenvalue weighted by Gasteiger charge is -2.16. The van der Waals surface area contributed by atoms with Gasteiger partial charge in [-0.1, -0.05) is 0 Å². The minimum absolute atomic E-state index is 0.213. The number of thiol groups is 3. The molecule has 3 atom stereocenters. The first kappa shape index (κ1) is 15.7. The van der Waals surface area contributed by atoms with Crippen LogP contribution in [0.15, 0.2) is 18.2 Å². The molecule has 3 unspecified atom stereocenters. The van der Waals surface area contributed by atoms with E-state index in [4.69, 9.17) is 14.2 Å². The molecule has 0 heterocycles. The molecule has 18 heavy (non-hydrogen) atoms. The number of hydrogen-bond acceptors (Lipinski definition) is 6. The molecular formula is C12H18O3S3. The number of benzene rings is 1. The van der Waals surface area contributed by atoms with Gasteiger partial charge in [-0.3, -0.25) is 0 Å². The van der Waals surface area contributed by atoms with Crippen molar-refractivity contribution in [3.8, 4) is 17.2 Å². The second-order valence-corrected chi connectivity index (χ2v) is 5.97. The smallest absolute Gasteiger partial charge is 0.138 e. The normalized spacial score (nSPS) is 15.7. The standard InChI is InChI=1S/C12H18O3S3/c1-7(16)13-10-4-11(14-8(2)17)6-12(5-10)15-9(3)18/h4-9,16-18H,1-3H3. The zero-order valence-electron chi connectivity index (χ0n) is 10.5. The lowest BCUT2D eigenvalue weighted by atomic mass is 10.3. The summed E-state index contributed by atoms with van der Waals surface area (Å²) in [4.78, 5) is 0. The van der Waals surface area contributed by atoms with E-state index in [0.717, 1.165) is 0 Å². The highest BCUT2D eigenvalue weighted by Crippen LogP contribution is 2.30. The Morgan fingerprint density at radius 2 is 0.889 bits per heavy atom. The summed E-state index contributed by atoms with van der Waals surface area (Å²) in [7, 11) is 0. The van der Waals surface area contributed by atoms with Gasteiger partial charge >= 0.3 is 0 Å². The summed E-state index contributed by atoms with van der Waals surface area (Å²) in [6.45, 7) is 5.50. The van der Waals surface area contributed by atoms with Gasteiger partial charge in [0.05, 0.1) is 0 Å². The van der Waals surface area contributed by atoms with Crippen molar-refractivity contribution in [1.82, 2.24) is 0 Å². The third kappa shape index (κ3) is 6.02. The monoisotopic (exact) mass is 306 g/mol. The van der Waals surface area contributed by atoms with E-state index < -0.39 is 0 Å². The molecule has 0 aliphatic carbocycles. The molecule has 0 saturated carbocycles. The molecule has 0 fully saturated rings. The summed E-state index contributed by atoms with van der Waals surface area (Å²) in [6, 6.07) is 5.32. The van der Waals surface area contributed by atoms with Crippen molar-refractivity contribution in [3.63, 3.8) is 0 Å². The maximum atomic E-state index is 5.51. The van der Waals surface area contributed by atoms with Crippen molar-refractivity contribution in [2.24, 2.45) is 0 Å². The second-order valence-electron chi connectivity index (χ2n) is 3.79. The van der Waals surface area contributed by atoms with Gasteiger partial charge in [0.15, 0.2) is 0 Å². The molecule has 1 aromatic rings. The molecule has 0 saturated heterocycles. The molecule has 0 aliphatic heterocycles. The van der Waals surface area contributed by atoms with Crippen LogP contribution in [-0.2, 0) is 0 Å². The Kier molecular flexibility index (Phi) is 6.38. The van der Waals surface area contributed by atoms with Crippen LogP contribution in [0.3, 0.4) is 0 Å². The molecule has 102 valence electrons. The molecule has 6 heteroatoms. The summed E-state index contributed by atoms with van der Waals surface area (Å²) >= 11 is 12.6. The zero-order valence-corrected chi connectivity index (χ0v) is 13.2. The van der Waals surface area contributed by atoms with Crippen molar-refractivity contribution in [3.05, 3.63) is 18.2 Å². The lowest BCUT2D eigenvalue weighted by Crippen LogP contribution is -2.07. The van der Waals surface area contributed by atoms with Gasteiger partial charge in [-0.05, 0) is 20.8 Å². The predicted octanol–water partition coefficient (Wildman–Crippen LogP) is 3.65. The summed E-state index contributed by atoms with van der Waals surface area (Å²) < 4.78 is 16.5. The summed E-state index contributed by atoms with van der Waals surface area (Å²) in [5.41, 5.74) is -0.639. The number of rotatable bonds is 6. The zero-order chi connectivity index (χ0) is 13.7. The van der Waals surface area contributed by atoms with Crippen LogP contribution in [-0.4, -0.2) is 16.3 Å². The minimum atomic E-state index is -0.213. The largest absolute Gasteiger partial charge is 0.480 e. The highest BCUT2D eigenvalue weighted by atomic mass is 32.1. The fraction of sp³-hybridized carbons (Fsp3) is 0.500. The molecule has 3 nitrogen and oxygen atoms in total. The van der Waals surface area contributed by atoms with E-state index in [9.17, 15) is 0 Å². The van der Waals surface area contributed by atoms with Crippen LogP contribution in [0.5, 0.6) is 17.2 Å². The lowest BCUT2D eigenvalue weighted by molar-refractivity contribution is 0.279. The Labute approximate surface area is 124 Å². The van der Waals surface area contributed by atoms with Gasteiger partial charge in [0, 0.05) is 18.2 Å². The van der Waals surface area contributed by atoms with Gasteiger partial charge in [0.2, 0.25) is 0 Å². The van der Waals surface area contributed by atoms with E-state index in [1.54, 1.807) is 18.2 Å². The van der Waals surface area contributed by atoms with Crippen LogP contribution < -0.4 is 14.2 Å². The van der Waals surface area contributed by atoms with Gasteiger partial charge in [0.1, 0.15) is 33.6 Å². The Bertz CT molecular complexity index is 311. The van der Waals surface area contributed by atoms with Crippen molar-refractivity contribution >= 4 is 37.9 Å². The van der Waals surface area contributed by atoms with E-state index in [2.05, 4.69) is 37.9 Å². The molecule has 0 N–H and O–H groups in total. The van der Waals surface area contributed by atoms with Crippen LogP contribution in [0.2, 0.25) is 0 Å². The highest BCUT2D eigenvalue weighted by molar-refractivity contribution is 7.81. The average molecular weight is 306 g/mol. The SMILES string of the molecule is CC(S)Oc1cc(OC(C)S)cc(OC(C)S)c1. The van der Waals surface area contributed by atoms with Crippen molar-refractivity contribution < 1.29 is 14.2 Å². The van der Waals surface area contributed by atoms with Gasteiger partial charge in [-0.25, -0.2) is 0 Å². The van der Waals surface area contributed by atoms with Gasteiger partial charge in [-0.2, -0.15) is 0 Å². The first-order chi connectivity index (χ1) is 8.36. The summed E-state index contributed by atoms with van der Waals surface area (Å²) in [5.74, 6) is 1.90. The molecule has 0 aromatic heterocycles. The van der Waals surface area contributed by atoms with E-state index in [0.29, 0.717) is 17.2 Å². The number of ether oxygens (including phenoxy) is 3. The summed E-state index contributed by atoms with van der Waals surface area (Å²) in [6.07, 6.45) is 0.